The summed E-state index contributed by atoms with van der Waals surface area (Å²) in [5.74, 6) is 1.23. The number of para-hydroxylation sites is 1. The van der Waals surface area contributed by atoms with Crippen molar-refractivity contribution in [2.24, 2.45) is 0 Å². The molecule has 0 fully saturated rings. The molecular formula is C17H17NO3. The van der Waals surface area contributed by atoms with Gasteiger partial charge in [-0.2, -0.15) is 0 Å². The Balaban J connectivity index is 1.87. The summed E-state index contributed by atoms with van der Waals surface area (Å²) in [5, 5.41) is 2.85. The number of fused-ring (bicyclic) bond motifs is 1. The summed E-state index contributed by atoms with van der Waals surface area (Å²) in [5.41, 5.74) is 1.42. The fraction of sp³-hybridized carbons (Fsp3) is 0.235. The van der Waals surface area contributed by atoms with Gasteiger partial charge in [-0.3, -0.25) is 4.79 Å². The van der Waals surface area contributed by atoms with Crippen molar-refractivity contribution >= 4 is 5.91 Å². The molecular weight excluding hydrogens is 266 g/mol. The van der Waals surface area contributed by atoms with Crippen molar-refractivity contribution in [2.45, 2.75) is 26.2 Å². The zero-order valence-electron chi connectivity index (χ0n) is 12.0. The highest BCUT2D eigenvalue weighted by Gasteiger charge is 2.26. The van der Waals surface area contributed by atoms with Crippen LogP contribution in [-0.2, 0) is 0 Å². The summed E-state index contributed by atoms with van der Waals surface area (Å²) in [6.45, 7) is 3.95. The Labute approximate surface area is 123 Å². The minimum atomic E-state index is -0.497. The Morgan fingerprint density at radius 1 is 1.14 bits per heavy atom. The third-order valence-electron chi connectivity index (χ3n) is 3.17. The van der Waals surface area contributed by atoms with E-state index in [0.717, 1.165) is 11.3 Å². The van der Waals surface area contributed by atoms with Gasteiger partial charge >= 0.3 is 0 Å². The Bertz CT molecular complexity index is 667. The van der Waals surface area contributed by atoms with Crippen LogP contribution in [0.4, 0.5) is 0 Å². The van der Waals surface area contributed by atoms with Crippen LogP contribution < -0.4 is 14.8 Å². The topological polar surface area (TPSA) is 47.6 Å². The molecule has 0 saturated heterocycles. The van der Waals surface area contributed by atoms with Crippen molar-refractivity contribution in [3.05, 3.63) is 59.7 Å². The molecule has 0 aromatic heterocycles. The number of ether oxygens (including phenoxy) is 2. The molecule has 1 atom stereocenters. The monoisotopic (exact) mass is 283 g/mol. The second-order valence-electron chi connectivity index (χ2n) is 5.21. The number of hydrogen-bond acceptors (Lipinski definition) is 3. The van der Waals surface area contributed by atoms with Crippen molar-refractivity contribution < 1.29 is 14.3 Å². The van der Waals surface area contributed by atoms with Crippen LogP contribution in [-0.4, -0.2) is 12.0 Å². The van der Waals surface area contributed by atoms with E-state index in [1.54, 1.807) is 12.1 Å². The Morgan fingerprint density at radius 3 is 2.76 bits per heavy atom. The third kappa shape index (κ3) is 2.84. The first-order valence-corrected chi connectivity index (χ1v) is 6.96. The highest BCUT2D eigenvalue weighted by atomic mass is 16.5. The summed E-state index contributed by atoms with van der Waals surface area (Å²) in [6.07, 6.45) is -0.397. The van der Waals surface area contributed by atoms with Crippen LogP contribution in [0.5, 0.6) is 11.5 Å². The first-order valence-electron chi connectivity index (χ1n) is 6.96. The van der Waals surface area contributed by atoms with Gasteiger partial charge in [0.25, 0.3) is 5.91 Å². The molecule has 0 unspecified atom stereocenters. The van der Waals surface area contributed by atoms with E-state index in [9.17, 15) is 4.79 Å². The first kappa shape index (κ1) is 13.5. The normalized spacial score (nSPS) is 16.9. The van der Waals surface area contributed by atoms with E-state index in [-0.39, 0.29) is 12.0 Å². The molecule has 21 heavy (non-hydrogen) atoms. The number of benzene rings is 2. The maximum Gasteiger partial charge on any atom is 0.258 e. The molecule has 2 aromatic rings. The molecule has 3 rings (SSSR count). The minimum absolute atomic E-state index is 0.0999. The number of rotatable bonds is 3. The van der Waals surface area contributed by atoms with Gasteiger partial charge in [0, 0.05) is 5.56 Å². The van der Waals surface area contributed by atoms with Gasteiger partial charge in [0.2, 0.25) is 0 Å². The van der Waals surface area contributed by atoms with Crippen LogP contribution in [0, 0.1) is 0 Å². The van der Waals surface area contributed by atoms with E-state index in [1.807, 2.05) is 50.2 Å². The van der Waals surface area contributed by atoms with Gasteiger partial charge in [0.05, 0.1) is 11.7 Å². The molecule has 4 nitrogen and oxygen atoms in total. The number of carbonyl (C=O) groups is 1. The fourth-order valence-electron chi connectivity index (χ4n) is 2.28. The first-order chi connectivity index (χ1) is 10.1. The maximum atomic E-state index is 12.1. The number of nitrogens with one attached hydrogen (secondary N) is 1. The Hall–Kier alpha value is -2.49. The lowest BCUT2D eigenvalue weighted by Crippen LogP contribution is -2.36. The molecule has 0 aliphatic carbocycles. The summed E-state index contributed by atoms with van der Waals surface area (Å²) in [6, 6.07) is 14.8. The van der Waals surface area contributed by atoms with Crippen molar-refractivity contribution in [1.29, 1.82) is 0 Å². The molecule has 1 N–H and O–H groups in total. The second-order valence-corrected chi connectivity index (χ2v) is 5.21. The van der Waals surface area contributed by atoms with Gasteiger partial charge < -0.3 is 14.8 Å². The van der Waals surface area contributed by atoms with Crippen molar-refractivity contribution in [2.75, 3.05) is 0 Å². The predicted octanol–water partition coefficient (Wildman–Crippen LogP) is 3.29. The van der Waals surface area contributed by atoms with E-state index in [4.69, 9.17) is 9.47 Å². The SMILES string of the molecule is CC(C)Oc1cccc([C@H]2NC(=O)c3ccccc3O2)c1. The summed E-state index contributed by atoms with van der Waals surface area (Å²) < 4.78 is 11.5. The molecule has 1 aliphatic rings. The van der Waals surface area contributed by atoms with Gasteiger partial charge in [-0.05, 0) is 38.1 Å². The van der Waals surface area contributed by atoms with E-state index < -0.39 is 6.23 Å². The van der Waals surface area contributed by atoms with E-state index in [1.165, 1.54) is 0 Å². The van der Waals surface area contributed by atoms with Gasteiger partial charge in [0.15, 0.2) is 6.23 Å². The smallest absolute Gasteiger partial charge is 0.258 e. The molecule has 0 radical (unpaired) electrons. The molecule has 1 aliphatic heterocycles. The van der Waals surface area contributed by atoms with Gasteiger partial charge in [-0.25, -0.2) is 0 Å². The molecule has 108 valence electrons. The molecule has 0 bridgehead atoms. The van der Waals surface area contributed by atoms with Gasteiger partial charge in [0.1, 0.15) is 11.5 Å². The standard InChI is InChI=1S/C17H17NO3/c1-11(2)20-13-7-5-6-12(10-13)17-18-16(19)14-8-3-4-9-15(14)21-17/h3-11,17H,1-2H3,(H,18,19)/t17-/m0/s1. The largest absolute Gasteiger partial charge is 0.491 e. The number of carbonyl (C=O) groups excluding carboxylic acids is 1. The van der Waals surface area contributed by atoms with E-state index >= 15 is 0 Å². The lowest BCUT2D eigenvalue weighted by Gasteiger charge is -2.27. The minimum Gasteiger partial charge on any atom is -0.491 e. The van der Waals surface area contributed by atoms with Crippen LogP contribution in [0.25, 0.3) is 0 Å². The zero-order valence-corrected chi connectivity index (χ0v) is 12.0. The average molecular weight is 283 g/mol. The Kier molecular flexibility index (Phi) is 3.52. The number of amides is 1. The van der Waals surface area contributed by atoms with Crippen molar-refractivity contribution in [1.82, 2.24) is 5.32 Å². The van der Waals surface area contributed by atoms with Gasteiger partial charge in [-0.15, -0.1) is 0 Å². The van der Waals surface area contributed by atoms with E-state index in [0.29, 0.717) is 11.3 Å². The zero-order chi connectivity index (χ0) is 14.8. The quantitative estimate of drug-likeness (QED) is 0.940. The average Bonchev–Trinajstić information content (AvgIpc) is 2.47. The van der Waals surface area contributed by atoms with Crippen LogP contribution in [0.3, 0.4) is 0 Å². The molecule has 0 spiro atoms. The lowest BCUT2D eigenvalue weighted by molar-refractivity contribution is 0.0755. The molecule has 0 saturated carbocycles. The van der Waals surface area contributed by atoms with Crippen LogP contribution in [0.15, 0.2) is 48.5 Å². The highest BCUT2D eigenvalue weighted by molar-refractivity contribution is 5.97. The van der Waals surface area contributed by atoms with Crippen LogP contribution in [0.2, 0.25) is 0 Å². The predicted molar refractivity (Wildman–Crippen MR) is 79.5 cm³/mol. The third-order valence-corrected chi connectivity index (χ3v) is 3.17. The fourth-order valence-corrected chi connectivity index (χ4v) is 2.28. The summed E-state index contributed by atoms with van der Waals surface area (Å²) >= 11 is 0. The summed E-state index contributed by atoms with van der Waals surface area (Å²) in [7, 11) is 0. The van der Waals surface area contributed by atoms with Crippen molar-refractivity contribution in [3.63, 3.8) is 0 Å². The lowest BCUT2D eigenvalue weighted by atomic mass is 10.1. The van der Waals surface area contributed by atoms with E-state index in [2.05, 4.69) is 5.32 Å². The molecule has 1 amide bonds. The number of hydrogen-bond donors (Lipinski definition) is 1. The molecule has 1 heterocycles. The highest BCUT2D eigenvalue weighted by Crippen LogP contribution is 2.30. The molecule has 2 aromatic carbocycles. The van der Waals surface area contributed by atoms with Crippen LogP contribution in [0.1, 0.15) is 36.0 Å². The molecule has 4 heteroatoms. The van der Waals surface area contributed by atoms with Gasteiger partial charge in [-0.1, -0.05) is 24.3 Å². The second kappa shape index (κ2) is 5.48. The summed E-state index contributed by atoms with van der Waals surface area (Å²) in [4.78, 5) is 12.1. The maximum absolute atomic E-state index is 12.1. The van der Waals surface area contributed by atoms with Crippen LogP contribution >= 0.6 is 0 Å². The van der Waals surface area contributed by atoms with Crippen molar-refractivity contribution in [3.8, 4) is 11.5 Å². The Morgan fingerprint density at radius 2 is 1.95 bits per heavy atom.